The number of carbonyl (C=O) groups is 1. The summed E-state index contributed by atoms with van der Waals surface area (Å²) >= 11 is 0. The van der Waals surface area contributed by atoms with Crippen LogP contribution in [0.25, 0.3) is 10.9 Å². The second-order valence-corrected chi connectivity index (χ2v) is 5.57. The zero-order valence-electron chi connectivity index (χ0n) is 13.9. The molecule has 0 aliphatic heterocycles. The Labute approximate surface area is 164 Å². The van der Waals surface area contributed by atoms with Gasteiger partial charge >= 0.3 is 5.97 Å². The second kappa shape index (κ2) is 9.97. The van der Waals surface area contributed by atoms with Crippen LogP contribution >= 0.6 is 24.8 Å². The molecule has 138 valence electrons. The molecular weight excluding hydrogens is 375 g/mol. The van der Waals surface area contributed by atoms with Crippen LogP contribution in [0.2, 0.25) is 0 Å². The van der Waals surface area contributed by atoms with Gasteiger partial charge in [0.2, 0.25) is 0 Å². The van der Waals surface area contributed by atoms with Crippen LogP contribution in [-0.4, -0.2) is 28.7 Å². The van der Waals surface area contributed by atoms with Gasteiger partial charge in [0, 0.05) is 17.6 Å². The van der Waals surface area contributed by atoms with Crippen molar-refractivity contribution in [2.45, 2.75) is 12.5 Å². The number of fused-ring (bicyclic) bond motifs is 1. The molecule has 1 aromatic heterocycles. The predicted octanol–water partition coefficient (Wildman–Crippen LogP) is 3.73. The van der Waals surface area contributed by atoms with Gasteiger partial charge in [-0.2, -0.15) is 0 Å². The average molecular weight is 395 g/mol. The first-order valence-corrected chi connectivity index (χ1v) is 7.68. The highest BCUT2D eigenvalue weighted by atomic mass is 35.5. The van der Waals surface area contributed by atoms with Crippen molar-refractivity contribution in [3.8, 4) is 5.75 Å². The summed E-state index contributed by atoms with van der Waals surface area (Å²) < 4.78 is 5.71. The van der Waals surface area contributed by atoms with E-state index in [-0.39, 0.29) is 43.0 Å². The monoisotopic (exact) mass is 394 g/mol. The van der Waals surface area contributed by atoms with E-state index < -0.39 is 5.97 Å². The average Bonchev–Trinajstić information content (AvgIpc) is 2.60. The van der Waals surface area contributed by atoms with Gasteiger partial charge in [0.05, 0.1) is 5.52 Å². The highest BCUT2D eigenvalue weighted by Crippen LogP contribution is 2.27. The van der Waals surface area contributed by atoms with Crippen molar-refractivity contribution in [1.82, 2.24) is 4.98 Å². The molecule has 0 bridgehead atoms. The second-order valence-electron chi connectivity index (χ2n) is 5.57. The Morgan fingerprint density at radius 2 is 1.81 bits per heavy atom. The Bertz CT molecular complexity index is 860. The number of aromatic carboxylic acids is 1. The van der Waals surface area contributed by atoms with Gasteiger partial charge in [-0.25, -0.2) is 4.79 Å². The number of carboxylic acid groups (broad SMARTS) is 1. The molecule has 7 heteroatoms. The van der Waals surface area contributed by atoms with E-state index in [2.05, 4.69) is 4.98 Å². The summed E-state index contributed by atoms with van der Waals surface area (Å²) in [5, 5.41) is 10.1. The third-order valence-electron chi connectivity index (χ3n) is 3.75. The maximum atomic E-state index is 11.6. The van der Waals surface area contributed by atoms with E-state index in [1.165, 1.54) is 0 Å². The smallest absolute Gasteiger partial charge is 0.340 e. The van der Waals surface area contributed by atoms with Gasteiger partial charge in [-0.15, -0.1) is 24.8 Å². The summed E-state index contributed by atoms with van der Waals surface area (Å²) in [5.74, 6) is -0.730. The largest absolute Gasteiger partial charge is 0.491 e. The molecule has 3 rings (SSSR count). The van der Waals surface area contributed by atoms with Crippen LogP contribution in [0, 0.1) is 0 Å². The zero-order valence-corrected chi connectivity index (χ0v) is 15.5. The third-order valence-corrected chi connectivity index (χ3v) is 3.75. The van der Waals surface area contributed by atoms with Crippen molar-refractivity contribution in [2.24, 2.45) is 5.73 Å². The van der Waals surface area contributed by atoms with Crippen molar-refractivity contribution in [3.05, 3.63) is 71.9 Å². The first kappa shape index (κ1) is 21.7. The molecule has 0 fully saturated rings. The molecule has 0 aliphatic rings. The molecule has 0 saturated carbocycles. The Kier molecular flexibility index (Phi) is 8.32. The van der Waals surface area contributed by atoms with E-state index in [9.17, 15) is 9.90 Å². The molecule has 0 radical (unpaired) electrons. The number of hydrogen-bond donors (Lipinski definition) is 2. The number of benzene rings is 2. The normalized spacial score (nSPS) is 11.1. The summed E-state index contributed by atoms with van der Waals surface area (Å²) in [7, 11) is 0. The fraction of sp³-hybridized carbons (Fsp3) is 0.158. The number of nitrogens with zero attached hydrogens (tertiary/aromatic N) is 1. The molecule has 0 aliphatic carbocycles. The van der Waals surface area contributed by atoms with Crippen LogP contribution in [0.3, 0.4) is 0 Å². The summed E-state index contributed by atoms with van der Waals surface area (Å²) in [6, 6.07) is 16.5. The molecular formula is C19H20Cl2N2O3. The van der Waals surface area contributed by atoms with Gasteiger partial charge in [0.25, 0.3) is 0 Å². The van der Waals surface area contributed by atoms with E-state index >= 15 is 0 Å². The predicted molar refractivity (Wildman–Crippen MR) is 107 cm³/mol. The van der Waals surface area contributed by atoms with Crippen LogP contribution in [0.15, 0.2) is 60.8 Å². The third kappa shape index (κ3) is 5.08. The summed E-state index contributed by atoms with van der Waals surface area (Å²) in [5.41, 5.74) is 7.97. The molecule has 3 N–H and O–H groups in total. The van der Waals surface area contributed by atoms with Gasteiger partial charge < -0.3 is 15.6 Å². The summed E-state index contributed by atoms with van der Waals surface area (Å²) in [4.78, 5) is 15.8. The van der Waals surface area contributed by atoms with Crippen molar-refractivity contribution in [2.75, 3.05) is 6.61 Å². The van der Waals surface area contributed by atoms with Crippen molar-refractivity contribution < 1.29 is 14.6 Å². The topological polar surface area (TPSA) is 85.4 Å². The van der Waals surface area contributed by atoms with E-state index in [4.69, 9.17) is 10.5 Å². The number of ether oxygens (including phenoxy) is 1. The number of aromatic nitrogens is 1. The number of halogens is 2. The lowest BCUT2D eigenvalue weighted by molar-refractivity contribution is 0.0694. The zero-order chi connectivity index (χ0) is 16.9. The molecule has 3 aromatic rings. The van der Waals surface area contributed by atoms with E-state index in [1.807, 2.05) is 30.3 Å². The van der Waals surface area contributed by atoms with Crippen LogP contribution in [-0.2, 0) is 6.42 Å². The van der Waals surface area contributed by atoms with E-state index in [1.54, 1.807) is 30.5 Å². The van der Waals surface area contributed by atoms with Gasteiger partial charge in [-0.05, 0) is 30.2 Å². The SMILES string of the molecule is Cl.Cl.N[C@@H](COc1ccc2ncccc2c1C(=O)O)Cc1ccccc1. The molecule has 2 aromatic carbocycles. The number of pyridine rings is 1. The maximum Gasteiger partial charge on any atom is 0.340 e. The van der Waals surface area contributed by atoms with Crippen molar-refractivity contribution in [1.29, 1.82) is 0 Å². The highest BCUT2D eigenvalue weighted by Gasteiger charge is 2.17. The molecule has 0 unspecified atom stereocenters. The summed E-state index contributed by atoms with van der Waals surface area (Å²) in [6.45, 7) is 0.237. The van der Waals surface area contributed by atoms with Crippen molar-refractivity contribution >= 4 is 41.7 Å². The van der Waals surface area contributed by atoms with Crippen LogP contribution in [0.4, 0.5) is 0 Å². The lowest BCUT2D eigenvalue weighted by atomic mass is 10.1. The Hall–Kier alpha value is -2.34. The maximum absolute atomic E-state index is 11.6. The van der Waals surface area contributed by atoms with Gasteiger partial charge in [-0.3, -0.25) is 4.98 Å². The number of carboxylic acids is 1. The molecule has 0 amide bonds. The van der Waals surface area contributed by atoms with Gasteiger partial charge in [-0.1, -0.05) is 36.4 Å². The minimum absolute atomic E-state index is 0. The van der Waals surface area contributed by atoms with Crippen LogP contribution in [0.1, 0.15) is 15.9 Å². The van der Waals surface area contributed by atoms with E-state index in [0.29, 0.717) is 23.1 Å². The first-order valence-electron chi connectivity index (χ1n) is 7.68. The minimum Gasteiger partial charge on any atom is -0.491 e. The quantitative estimate of drug-likeness (QED) is 0.665. The Morgan fingerprint density at radius 3 is 2.50 bits per heavy atom. The molecule has 0 spiro atoms. The van der Waals surface area contributed by atoms with Gasteiger partial charge in [0.1, 0.15) is 17.9 Å². The minimum atomic E-state index is -1.04. The standard InChI is InChI=1S/C19H18N2O3.2ClH/c20-14(11-13-5-2-1-3-6-13)12-24-17-9-8-16-15(7-4-10-21-16)18(17)19(22)23;;/h1-10,14H,11-12,20H2,(H,22,23);2*1H/t14-;;/m1../s1. The first-order chi connectivity index (χ1) is 11.6. The molecule has 26 heavy (non-hydrogen) atoms. The lowest BCUT2D eigenvalue weighted by Crippen LogP contribution is -2.30. The number of hydrogen-bond acceptors (Lipinski definition) is 4. The number of nitrogens with two attached hydrogens (primary N) is 1. The fourth-order valence-electron chi connectivity index (χ4n) is 2.65. The van der Waals surface area contributed by atoms with Gasteiger partial charge in [0.15, 0.2) is 0 Å². The lowest BCUT2D eigenvalue weighted by Gasteiger charge is -2.15. The number of rotatable bonds is 6. The molecule has 0 saturated heterocycles. The molecule has 1 atom stereocenters. The molecule has 1 heterocycles. The fourth-order valence-corrected chi connectivity index (χ4v) is 2.65. The Morgan fingerprint density at radius 1 is 1.08 bits per heavy atom. The van der Waals surface area contributed by atoms with E-state index in [0.717, 1.165) is 5.56 Å². The van der Waals surface area contributed by atoms with Crippen LogP contribution < -0.4 is 10.5 Å². The highest BCUT2D eigenvalue weighted by molar-refractivity contribution is 6.05. The molecule has 5 nitrogen and oxygen atoms in total. The van der Waals surface area contributed by atoms with Crippen molar-refractivity contribution in [3.63, 3.8) is 0 Å². The summed E-state index contributed by atoms with van der Waals surface area (Å²) in [6.07, 6.45) is 2.29. The Balaban J connectivity index is 0.00000169. The van der Waals surface area contributed by atoms with Crippen LogP contribution in [0.5, 0.6) is 5.75 Å².